The van der Waals surface area contributed by atoms with Crippen LogP contribution in [0.15, 0.2) is 24.3 Å². The molecule has 2 aliphatic carbocycles. The minimum absolute atomic E-state index is 0.0779. The van der Waals surface area contributed by atoms with Crippen LogP contribution in [0.3, 0.4) is 0 Å². The van der Waals surface area contributed by atoms with Crippen molar-refractivity contribution in [3.8, 4) is 0 Å². The largest absolute Gasteiger partial charge is 0.340 e. The summed E-state index contributed by atoms with van der Waals surface area (Å²) in [5.41, 5.74) is 2.67. The lowest BCUT2D eigenvalue weighted by molar-refractivity contribution is -0.134. The van der Waals surface area contributed by atoms with Gasteiger partial charge in [-0.25, -0.2) is 4.79 Å². The summed E-state index contributed by atoms with van der Waals surface area (Å²) in [6.07, 6.45) is 7.10. The van der Waals surface area contributed by atoms with Crippen molar-refractivity contribution in [3.63, 3.8) is 0 Å². The third-order valence-corrected chi connectivity index (χ3v) is 5.93. The summed E-state index contributed by atoms with van der Waals surface area (Å²) >= 11 is 0. The second-order valence-electron chi connectivity index (χ2n) is 7.74. The van der Waals surface area contributed by atoms with Gasteiger partial charge in [0, 0.05) is 31.1 Å². The van der Waals surface area contributed by atoms with Gasteiger partial charge in [0.15, 0.2) is 0 Å². The lowest BCUT2D eigenvalue weighted by Gasteiger charge is -2.21. The van der Waals surface area contributed by atoms with Crippen molar-refractivity contribution in [2.45, 2.75) is 57.0 Å². The van der Waals surface area contributed by atoms with E-state index >= 15 is 0 Å². The van der Waals surface area contributed by atoms with Crippen LogP contribution in [-0.2, 0) is 17.6 Å². The van der Waals surface area contributed by atoms with E-state index in [1.807, 2.05) is 4.90 Å². The number of hydrogen-bond acceptors (Lipinski definition) is 2. The van der Waals surface area contributed by atoms with Crippen LogP contribution in [0, 0.1) is 5.92 Å². The number of carbonyl (C=O) groups is 2. The number of urea groups is 1. The molecular weight excluding hydrogens is 314 g/mol. The summed E-state index contributed by atoms with van der Waals surface area (Å²) in [6, 6.07) is 8.53. The van der Waals surface area contributed by atoms with Crippen molar-refractivity contribution in [1.82, 2.24) is 15.5 Å². The highest BCUT2D eigenvalue weighted by atomic mass is 16.2. The number of hydrogen-bond donors (Lipinski definition) is 2. The number of carbonyl (C=O) groups excluding carboxylic acids is 2. The van der Waals surface area contributed by atoms with Gasteiger partial charge in [0.25, 0.3) is 0 Å². The number of fused-ring (bicyclic) bond motifs is 1. The first kappa shape index (κ1) is 16.4. The molecule has 1 aromatic carbocycles. The molecule has 2 N–H and O–H groups in total. The average Bonchev–Trinajstić information content (AvgIpc) is 3.34. The number of rotatable bonds is 3. The first-order chi connectivity index (χ1) is 12.2. The summed E-state index contributed by atoms with van der Waals surface area (Å²) < 4.78 is 0. The van der Waals surface area contributed by atoms with Crippen molar-refractivity contribution in [2.24, 2.45) is 5.92 Å². The van der Waals surface area contributed by atoms with E-state index in [4.69, 9.17) is 0 Å². The zero-order valence-corrected chi connectivity index (χ0v) is 14.7. The summed E-state index contributed by atoms with van der Waals surface area (Å²) in [7, 11) is 0. The molecule has 1 unspecified atom stereocenters. The molecule has 1 aromatic rings. The van der Waals surface area contributed by atoms with Crippen molar-refractivity contribution >= 4 is 11.9 Å². The quantitative estimate of drug-likeness (QED) is 0.886. The molecule has 1 saturated carbocycles. The highest BCUT2D eigenvalue weighted by Crippen LogP contribution is 2.28. The first-order valence-corrected chi connectivity index (χ1v) is 9.61. The van der Waals surface area contributed by atoms with Crippen LogP contribution in [0.4, 0.5) is 4.79 Å². The van der Waals surface area contributed by atoms with Crippen LogP contribution in [0.5, 0.6) is 0 Å². The summed E-state index contributed by atoms with van der Waals surface area (Å²) in [5, 5.41) is 6.16. The Morgan fingerprint density at radius 1 is 0.920 bits per heavy atom. The zero-order valence-electron chi connectivity index (χ0n) is 14.7. The lowest BCUT2D eigenvalue weighted by atomic mass is 10.1. The van der Waals surface area contributed by atoms with Crippen LogP contribution in [0.1, 0.15) is 43.2 Å². The summed E-state index contributed by atoms with van der Waals surface area (Å²) in [6.45, 7) is 1.43. The molecule has 3 amide bonds. The SMILES string of the molecule is O=C(NC1Cc2ccccc2C1)NC1CCN(C(=O)C2CCCC2)C1. The Kier molecular flexibility index (Phi) is 4.64. The zero-order chi connectivity index (χ0) is 17.2. The van der Waals surface area contributed by atoms with Crippen molar-refractivity contribution in [1.29, 1.82) is 0 Å². The Bertz CT molecular complexity index is 629. The molecule has 1 aliphatic heterocycles. The van der Waals surface area contributed by atoms with Gasteiger partial charge < -0.3 is 15.5 Å². The van der Waals surface area contributed by atoms with Crippen molar-refractivity contribution in [3.05, 3.63) is 35.4 Å². The predicted octanol–water partition coefficient (Wildman–Crippen LogP) is 2.24. The van der Waals surface area contributed by atoms with Crippen LogP contribution < -0.4 is 10.6 Å². The topological polar surface area (TPSA) is 61.4 Å². The predicted molar refractivity (Wildman–Crippen MR) is 96.2 cm³/mol. The van der Waals surface area contributed by atoms with Gasteiger partial charge >= 0.3 is 6.03 Å². The lowest BCUT2D eigenvalue weighted by Crippen LogP contribution is -2.47. The molecule has 134 valence electrons. The van der Waals surface area contributed by atoms with Crippen LogP contribution in [0.2, 0.25) is 0 Å². The molecule has 0 spiro atoms. The molecule has 25 heavy (non-hydrogen) atoms. The van der Waals surface area contributed by atoms with E-state index in [1.54, 1.807) is 0 Å². The first-order valence-electron chi connectivity index (χ1n) is 9.61. The molecule has 2 fully saturated rings. The summed E-state index contributed by atoms with van der Waals surface area (Å²) in [5.74, 6) is 0.526. The number of amides is 3. The minimum atomic E-state index is -0.0991. The van der Waals surface area contributed by atoms with Crippen LogP contribution in [0.25, 0.3) is 0 Å². The standard InChI is InChI=1S/C20H27N3O2/c24-19(14-5-1-2-6-14)23-10-9-17(13-23)21-20(25)22-18-11-15-7-3-4-8-16(15)12-18/h3-4,7-8,14,17-18H,1-2,5-6,9-13H2,(H2,21,22,25). The number of benzene rings is 1. The highest BCUT2D eigenvalue weighted by Gasteiger charge is 2.33. The van der Waals surface area contributed by atoms with Crippen molar-refractivity contribution < 1.29 is 9.59 Å². The molecular formula is C20H27N3O2. The number of nitrogens with zero attached hydrogens (tertiary/aromatic N) is 1. The van der Waals surface area contributed by atoms with Gasteiger partial charge in [-0.3, -0.25) is 4.79 Å². The van der Waals surface area contributed by atoms with E-state index < -0.39 is 0 Å². The van der Waals surface area contributed by atoms with E-state index in [0.29, 0.717) is 12.5 Å². The summed E-state index contributed by atoms with van der Waals surface area (Å²) in [4.78, 5) is 26.7. The van der Waals surface area contributed by atoms with E-state index in [-0.39, 0.29) is 24.0 Å². The van der Waals surface area contributed by atoms with Crippen LogP contribution in [-0.4, -0.2) is 42.0 Å². The minimum Gasteiger partial charge on any atom is -0.340 e. The highest BCUT2D eigenvalue weighted by molar-refractivity contribution is 5.80. The Morgan fingerprint density at radius 2 is 1.56 bits per heavy atom. The fourth-order valence-electron chi connectivity index (χ4n) is 4.58. The van der Waals surface area contributed by atoms with Gasteiger partial charge in [0.05, 0.1) is 0 Å². The molecule has 5 nitrogen and oxygen atoms in total. The van der Waals surface area contributed by atoms with Gasteiger partial charge in [-0.05, 0) is 43.2 Å². The van der Waals surface area contributed by atoms with E-state index in [1.165, 1.54) is 24.0 Å². The Labute approximate surface area is 149 Å². The molecule has 1 heterocycles. The monoisotopic (exact) mass is 341 g/mol. The third kappa shape index (κ3) is 3.65. The van der Waals surface area contributed by atoms with Crippen molar-refractivity contribution in [2.75, 3.05) is 13.1 Å². The molecule has 1 saturated heterocycles. The fourth-order valence-corrected chi connectivity index (χ4v) is 4.58. The van der Waals surface area contributed by atoms with E-state index in [0.717, 1.165) is 38.6 Å². The molecule has 4 rings (SSSR count). The maximum atomic E-state index is 12.5. The Hall–Kier alpha value is -2.04. The van der Waals surface area contributed by atoms with Gasteiger partial charge in [-0.15, -0.1) is 0 Å². The van der Waals surface area contributed by atoms with Crippen LogP contribution >= 0.6 is 0 Å². The van der Waals surface area contributed by atoms with Gasteiger partial charge in [0.2, 0.25) is 5.91 Å². The van der Waals surface area contributed by atoms with Gasteiger partial charge in [-0.2, -0.15) is 0 Å². The van der Waals surface area contributed by atoms with E-state index in [9.17, 15) is 9.59 Å². The Balaban J connectivity index is 1.23. The maximum Gasteiger partial charge on any atom is 0.315 e. The molecule has 0 radical (unpaired) electrons. The third-order valence-electron chi connectivity index (χ3n) is 5.93. The molecule has 0 aromatic heterocycles. The fraction of sp³-hybridized carbons (Fsp3) is 0.600. The average molecular weight is 341 g/mol. The second-order valence-corrected chi connectivity index (χ2v) is 7.74. The number of likely N-dealkylation sites (tertiary alicyclic amines) is 1. The normalized spacial score (nSPS) is 23.7. The number of nitrogens with one attached hydrogen (secondary N) is 2. The second kappa shape index (κ2) is 7.06. The Morgan fingerprint density at radius 3 is 2.24 bits per heavy atom. The smallest absolute Gasteiger partial charge is 0.315 e. The van der Waals surface area contributed by atoms with Gasteiger partial charge in [-0.1, -0.05) is 37.1 Å². The molecule has 1 atom stereocenters. The molecule has 5 heteroatoms. The maximum absolute atomic E-state index is 12.5. The van der Waals surface area contributed by atoms with E-state index in [2.05, 4.69) is 34.9 Å². The molecule has 0 bridgehead atoms. The van der Waals surface area contributed by atoms with Gasteiger partial charge in [0.1, 0.15) is 0 Å². The molecule has 3 aliphatic rings.